The number of amidine groups is 1. The monoisotopic (exact) mass is 299 g/mol. The maximum absolute atomic E-state index is 13.7. The summed E-state index contributed by atoms with van der Waals surface area (Å²) in [5.74, 6) is -0.00435. The number of hydrogen-bond donors (Lipinski definition) is 2. The number of nitrogens with two attached hydrogens (primary N) is 1. The number of halogens is 1. The van der Waals surface area contributed by atoms with Crippen molar-refractivity contribution in [3.63, 3.8) is 0 Å². The van der Waals surface area contributed by atoms with Crippen LogP contribution in [0.15, 0.2) is 23.4 Å². The highest BCUT2D eigenvalue weighted by Gasteiger charge is 2.10. The molecule has 21 heavy (non-hydrogen) atoms. The fourth-order valence-corrected chi connectivity index (χ4v) is 1.88. The van der Waals surface area contributed by atoms with E-state index in [-0.39, 0.29) is 11.6 Å². The minimum Gasteiger partial charge on any atom is -0.494 e. The average molecular weight is 299 g/mol. The molecule has 0 fully saturated rings. The van der Waals surface area contributed by atoms with Crippen molar-refractivity contribution < 1.29 is 19.1 Å². The smallest absolute Gasteiger partial charge is 0.165 e. The predicted octanol–water partition coefficient (Wildman–Crippen LogP) is 1.42. The van der Waals surface area contributed by atoms with Crippen molar-refractivity contribution in [2.75, 3.05) is 33.9 Å². The maximum atomic E-state index is 13.7. The normalized spacial score (nSPS) is 11.9. The first-order chi connectivity index (χ1) is 10.1. The molecule has 7 heteroatoms. The van der Waals surface area contributed by atoms with E-state index in [0.717, 1.165) is 5.56 Å². The standard InChI is InChI=1S/C14H22FN3O3/c1-20-8-7-18(6-5-14(16)17-19)10-11-3-4-13(21-2)12(15)9-11/h3-4,9,19H,5-8,10H2,1-2H3,(H2,16,17). The van der Waals surface area contributed by atoms with Gasteiger partial charge in [-0.05, 0) is 17.7 Å². The first-order valence-electron chi connectivity index (χ1n) is 6.60. The number of benzene rings is 1. The molecule has 0 spiro atoms. The summed E-state index contributed by atoms with van der Waals surface area (Å²) >= 11 is 0. The summed E-state index contributed by atoms with van der Waals surface area (Å²) in [6, 6.07) is 4.86. The quantitative estimate of drug-likeness (QED) is 0.312. The van der Waals surface area contributed by atoms with Gasteiger partial charge in [0.2, 0.25) is 0 Å². The van der Waals surface area contributed by atoms with Crippen LogP contribution >= 0.6 is 0 Å². The summed E-state index contributed by atoms with van der Waals surface area (Å²) in [4.78, 5) is 2.04. The van der Waals surface area contributed by atoms with Crippen LogP contribution in [0.4, 0.5) is 4.39 Å². The lowest BCUT2D eigenvalue weighted by molar-refractivity contribution is 0.145. The summed E-state index contributed by atoms with van der Waals surface area (Å²) < 4.78 is 23.6. The molecule has 1 rings (SSSR count). The minimum absolute atomic E-state index is 0.165. The molecule has 0 radical (unpaired) electrons. The van der Waals surface area contributed by atoms with Crippen molar-refractivity contribution in [1.82, 2.24) is 4.90 Å². The molecule has 118 valence electrons. The van der Waals surface area contributed by atoms with Crippen molar-refractivity contribution in [2.24, 2.45) is 10.9 Å². The minimum atomic E-state index is -0.391. The van der Waals surface area contributed by atoms with Gasteiger partial charge in [-0.15, -0.1) is 0 Å². The first kappa shape index (κ1) is 17.2. The maximum Gasteiger partial charge on any atom is 0.165 e. The molecule has 1 aromatic rings. The van der Waals surface area contributed by atoms with E-state index >= 15 is 0 Å². The van der Waals surface area contributed by atoms with Crippen LogP contribution in [0, 0.1) is 5.82 Å². The van der Waals surface area contributed by atoms with E-state index in [0.29, 0.717) is 32.7 Å². The topological polar surface area (TPSA) is 80.3 Å². The Morgan fingerprint density at radius 3 is 2.71 bits per heavy atom. The van der Waals surface area contributed by atoms with E-state index in [1.54, 1.807) is 13.2 Å². The van der Waals surface area contributed by atoms with Crippen LogP contribution in [-0.2, 0) is 11.3 Å². The zero-order valence-corrected chi connectivity index (χ0v) is 12.4. The molecular weight excluding hydrogens is 277 g/mol. The Morgan fingerprint density at radius 2 is 2.14 bits per heavy atom. The van der Waals surface area contributed by atoms with Gasteiger partial charge in [-0.25, -0.2) is 4.39 Å². The highest BCUT2D eigenvalue weighted by molar-refractivity contribution is 5.79. The molecule has 0 amide bonds. The van der Waals surface area contributed by atoms with Gasteiger partial charge in [0.15, 0.2) is 11.6 Å². The molecule has 0 saturated heterocycles. The third-order valence-electron chi connectivity index (χ3n) is 3.05. The van der Waals surface area contributed by atoms with Gasteiger partial charge in [0.05, 0.1) is 13.7 Å². The van der Waals surface area contributed by atoms with E-state index in [1.807, 2.05) is 11.0 Å². The molecule has 6 nitrogen and oxygen atoms in total. The molecule has 0 saturated carbocycles. The molecule has 0 bridgehead atoms. The molecule has 1 aromatic carbocycles. The van der Waals surface area contributed by atoms with Crippen LogP contribution in [0.3, 0.4) is 0 Å². The Morgan fingerprint density at radius 1 is 1.38 bits per heavy atom. The van der Waals surface area contributed by atoms with E-state index < -0.39 is 5.82 Å². The summed E-state index contributed by atoms with van der Waals surface area (Å²) in [5, 5.41) is 11.5. The molecule has 0 aliphatic rings. The fraction of sp³-hybridized carbons (Fsp3) is 0.500. The number of methoxy groups -OCH3 is 2. The fourth-order valence-electron chi connectivity index (χ4n) is 1.88. The summed E-state index contributed by atoms with van der Waals surface area (Å²) in [6.07, 6.45) is 0.429. The lowest BCUT2D eigenvalue weighted by Crippen LogP contribution is -2.30. The predicted molar refractivity (Wildman–Crippen MR) is 78.1 cm³/mol. The molecule has 0 aromatic heterocycles. The van der Waals surface area contributed by atoms with Crippen molar-refractivity contribution in [2.45, 2.75) is 13.0 Å². The third kappa shape index (κ3) is 5.97. The van der Waals surface area contributed by atoms with Crippen LogP contribution in [0.1, 0.15) is 12.0 Å². The molecular formula is C14H22FN3O3. The number of hydrogen-bond acceptors (Lipinski definition) is 5. The SMILES string of the molecule is COCCN(CCC(N)=NO)Cc1ccc(OC)c(F)c1. The van der Waals surface area contributed by atoms with Gasteiger partial charge in [0.1, 0.15) is 5.84 Å². The number of ether oxygens (including phenoxy) is 2. The van der Waals surface area contributed by atoms with Gasteiger partial charge < -0.3 is 20.4 Å². The number of nitrogens with zero attached hydrogens (tertiary/aromatic N) is 2. The van der Waals surface area contributed by atoms with Crippen molar-refractivity contribution in [3.05, 3.63) is 29.6 Å². The Hall–Kier alpha value is -1.86. The van der Waals surface area contributed by atoms with Gasteiger partial charge in [0.25, 0.3) is 0 Å². The van der Waals surface area contributed by atoms with Gasteiger partial charge in [0, 0.05) is 33.2 Å². The molecule has 0 unspecified atom stereocenters. The molecule has 0 aliphatic carbocycles. The van der Waals surface area contributed by atoms with Crippen LogP contribution < -0.4 is 10.5 Å². The molecule has 0 heterocycles. The van der Waals surface area contributed by atoms with Gasteiger partial charge in [-0.2, -0.15) is 0 Å². The van der Waals surface area contributed by atoms with E-state index in [2.05, 4.69) is 5.16 Å². The summed E-state index contributed by atoms with van der Waals surface area (Å²) in [7, 11) is 3.05. The van der Waals surface area contributed by atoms with Crippen LogP contribution in [0.5, 0.6) is 5.75 Å². The Balaban J connectivity index is 2.68. The number of oxime groups is 1. The first-order valence-corrected chi connectivity index (χ1v) is 6.60. The Bertz CT molecular complexity index is 469. The molecule has 0 aliphatic heterocycles. The van der Waals surface area contributed by atoms with Crippen molar-refractivity contribution >= 4 is 5.84 Å². The van der Waals surface area contributed by atoms with E-state index in [9.17, 15) is 4.39 Å². The lowest BCUT2D eigenvalue weighted by Gasteiger charge is -2.22. The van der Waals surface area contributed by atoms with Crippen LogP contribution in [-0.4, -0.2) is 49.9 Å². The van der Waals surface area contributed by atoms with Crippen LogP contribution in [0.2, 0.25) is 0 Å². The second-order valence-electron chi connectivity index (χ2n) is 4.58. The van der Waals surface area contributed by atoms with Gasteiger partial charge in [-0.3, -0.25) is 4.90 Å². The molecule has 0 atom stereocenters. The third-order valence-corrected chi connectivity index (χ3v) is 3.05. The highest BCUT2D eigenvalue weighted by Crippen LogP contribution is 2.18. The second kappa shape index (κ2) is 9.15. The average Bonchev–Trinajstić information content (AvgIpc) is 2.49. The van der Waals surface area contributed by atoms with Crippen LogP contribution in [0.25, 0.3) is 0 Å². The Kier molecular flexibility index (Phi) is 7.49. The van der Waals surface area contributed by atoms with Gasteiger partial charge in [-0.1, -0.05) is 11.2 Å². The second-order valence-corrected chi connectivity index (χ2v) is 4.58. The van der Waals surface area contributed by atoms with E-state index in [1.165, 1.54) is 13.2 Å². The van der Waals surface area contributed by atoms with Crippen molar-refractivity contribution in [1.29, 1.82) is 0 Å². The number of rotatable bonds is 9. The lowest BCUT2D eigenvalue weighted by atomic mass is 10.2. The van der Waals surface area contributed by atoms with Crippen molar-refractivity contribution in [3.8, 4) is 5.75 Å². The zero-order valence-electron chi connectivity index (χ0n) is 12.4. The Labute approximate surface area is 123 Å². The summed E-state index contributed by atoms with van der Waals surface area (Å²) in [5.41, 5.74) is 6.29. The summed E-state index contributed by atoms with van der Waals surface area (Å²) in [6.45, 7) is 2.35. The van der Waals surface area contributed by atoms with Gasteiger partial charge >= 0.3 is 0 Å². The molecule has 3 N–H and O–H groups in total. The highest BCUT2D eigenvalue weighted by atomic mass is 19.1. The van der Waals surface area contributed by atoms with E-state index in [4.69, 9.17) is 20.4 Å². The largest absolute Gasteiger partial charge is 0.494 e. The zero-order chi connectivity index (χ0) is 15.7.